The average molecular weight is 185 g/mol. The van der Waals surface area contributed by atoms with Crippen LogP contribution in [0.1, 0.15) is 33.1 Å². The molecule has 0 aromatic heterocycles. The number of hydrogen-bond acceptors (Lipinski definition) is 2. The van der Waals surface area contributed by atoms with Crippen LogP contribution in [0, 0.1) is 5.92 Å². The van der Waals surface area contributed by atoms with Crippen molar-refractivity contribution in [3.8, 4) is 0 Å². The van der Waals surface area contributed by atoms with Crippen LogP contribution in [0.15, 0.2) is 0 Å². The van der Waals surface area contributed by atoms with Crippen LogP contribution in [0.25, 0.3) is 0 Å². The molecule has 0 amide bonds. The maximum atomic E-state index is 5.30. The lowest BCUT2D eigenvalue weighted by Crippen LogP contribution is -2.36. The van der Waals surface area contributed by atoms with Gasteiger partial charge in [0.05, 0.1) is 13.2 Å². The number of ether oxygens (including phenoxy) is 1. The van der Waals surface area contributed by atoms with E-state index in [9.17, 15) is 0 Å². The highest BCUT2D eigenvalue weighted by atomic mass is 16.5. The van der Waals surface area contributed by atoms with Crippen molar-refractivity contribution in [3.05, 3.63) is 0 Å². The lowest BCUT2D eigenvalue weighted by molar-refractivity contribution is 0.0370. The third-order valence-electron chi connectivity index (χ3n) is 2.61. The lowest BCUT2D eigenvalue weighted by Gasteiger charge is -2.26. The summed E-state index contributed by atoms with van der Waals surface area (Å²) >= 11 is 0. The van der Waals surface area contributed by atoms with E-state index in [-0.39, 0.29) is 0 Å². The predicted molar refractivity (Wildman–Crippen MR) is 55.9 cm³/mol. The normalized spacial score (nSPS) is 19.6. The third kappa shape index (κ3) is 5.27. The molecule has 2 heteroatoms. The Bertz CT molecular complexity index is 119. The van der Waals surface area contributed by atoms with Crippen LogP contribution in [-0.2, 0) is 4.74 Å². The number of rotatable bonds is 5. The van der Waals surface area contributed by atoms with Crippen molar-refractivity contribution in [1.82, 2.24) is 4.90 Å². The first-order chi connectivity index (χ1) is 6.29. The number of morpholine rings is 1. The van der Waals surface area contributed by atoms with Gasteiger partial charge in [0, 0.05) is 13.1 Å². The van der Waals surface area contributed by atoms with Crippen molar-refractivity contribution >= 4 is 0 Å². The van der Waals surface area contributed by atoms with Crippen molar-refractivity contribution in [2.75, 3.05) is 32.8 Å². The third-order valence-corrected chi connectivity index (χ3v) is 2.61. The highest BCUT2D eigenvalue weighted by Crippen LogP contribution is 2.07. The van der Waals surface area contributed by atoms with Gasteiger partial charge in [-0.15, -0.1) is 0 Å². The molecule has 0 aromatic rings. The van der Waals surface area contributed by atoms with Crippen LogP contribution < -0.4 is 0 Å². The maximum absolute atomic E-state index is 5.30. The van der Waals surface area contributed by atoms with E-state index in [0.29, 0.717) is 0 Å². The second-order valence-corrected chi connectivity index (χ2v) is 4.34. The summed E-state index contributed by atoms with van der Waals surface area (Å²) in [6, 6.07) is 0. The molecule has 0 bridgehead atoms. The summed E-state index contributed by atoms with van der Waals surface area (Å²) in [5.41, 5.74) is 0. The zero-order valence-electron chi connectivity index (χ0n) is 9.09. The van der Waals surface area contributed by atoms with Crippen LogP contribution in [0.4, 0.5) is 0 Å². The molecule has 2 nitrogen and oxygen atoms in total. The zero-order chi connectivity index (χ0) is 9.52. The van der Waals surface area contributed by atoms with Gasteiger partial charge in [-0.25, -0.2) is 0 Å². The highest BCUT2D eigenvalue weighted by Gasteiger charge is 2.08. The van der Waals surface area contributed by atoms with Crippen LogP contribution in [0.2, 0.25) is 0 Å². The summed E-state index contributed by atoms with van der Waals surface area (Å²) in [5.74, 6) is 0.865. The predicted octanol–water partition coefficient (Wildman–Crippen LogP) is 2.14. The topological polar surface area (TPSA) is 12.5 Å². The van der Waals surface area contributed by atoms with Crippen LogP contribution in [0.5, 0.6) is 0 Å². The van der Waals surface area contributed by atoms with E-state index in [2.05, 4.69) is 18.7 Å². The lowest BCUT2D eigenvalue weighted by atomic mass is 10.1. The fourth-order valence-electron chi connectivity index (χ4n) is 1.71. The summed E-state index contributed by atoms with van der Waals surface area (Å²) < 4.78 is 5.30. The Morgan fingerprint density at radius 1 is 1.15 bits per heavy atom. The van der Waals surface area contributed by atoms with Gasteiger partial charge in [-0.2, -0.15) is 0 Å². The molecule has 0 aliphatic carbocycles. The van der Waals surface area contributed by atoms with E-state index in [1.807, 2.05) is 0 Å². The Hall–Kier alpha value is -0.0800. The van der Waals surface area contributed by atoms with E-state index in [0.717, 1.165) is 32.2 Å². The van der Waals surface area contributed by atoms with Gasteiger partial charge in [-0.3, -0.25) is 4.90 Å². The minimum Gasteiger partial charge on any atom is -0.379 e. The number of hydrogen-bond donors (Lipinski definition) is 0. The molecule has 0 unspecified atom stereocenters. The van der Waals surface area contributed by atoms with E-state index in [1.165, 1.54) is 25.8 Å². The van der Waals surface area contributed by atoms with Gasteiger partial charge in [0.1, 0.15) is 0 Å². The van der Waals surface area contributed by atoms with Gasteiger partial charge in [0.25, 0.3) is 0 Å². The molecular formula is C11H23NO. The Kier molecular flexibility index (Phi) is 5.40. The molecule has 1 aliphatic rings. The minimum absolute atomic E-state index is 0.865. The fourth-order valence-corrected chi connectivity index (χ4v) is 1.71. The summed E-state index contributed by atoms with van der Waals surface area (Å²) in [4.78, 5) is 2.52. The minimum atomic E-state index is 0.865. The second-order valence-electron chi connectivity index (χ2n) is 4.34. The first-order valence-electron chi connectivity index (χ1n) is 5.59. The molecule has 0 aromatic carbocycles. The number of nitrogens with zero attached hydrogens (tertiary/aromatic N) is 1. The van der Waals surface area contributed by atoms with Crippen LogP contribution in [0.3, 0.4) is 0 Å². The summed E-state index contributed by atoms with van der Waals surface area (Å²) in [6.07, 6.45) is 4.12. The van der Waals surface area contributed by atoms with E-state index in [1.54, 1.807) is 0 Å². The van der Waals surface area contributed by atoms with Crippen molar-refractivity contribution in [3.63, 3.8) is 0 Å². The molecule has 0 N–H and O–H groups in total. The molecule has 0 saturated carbocycles. The van der Waals surface area contributed by atoms with Crippen LogP contribution >= 0.6 is 0 Å². The Morgan fingerprint density at radius 3 is 2.46 bits per heavy atom. The van der Waals surface area contributed by atoms with Crippen molar-refractivity contribution in [2.24, 2.45) is 5.92 Å². The first kappa shape index (κ1) is 11.0. The highest BCUT2D eigenvalue weighted by molar-refractivity contribution is 4.61. The van der Waals surface area contributed by atoms with Crippen molar-refractivity contribution in [1.29, 1.82) is 0 Å². The van der Waals surface area contributed by atoms with E-state index >= 15 is 0 Å². The van der Waals surface area contributed by atoms with Gasteiger partial charge in [0.2, 0.25) is 0 Å². The quantitative estimate of drug-likeness (QED) is 0.608. The van der Waals surface area contributed by atoms with Crippen LogP contribution in [-0.4, -0.2) is 37.7 Å². The molecule has 1 rings (SSSR count). The summed E-state index contributed by atoms with van der Waals surface area (Å²) in [7, 11) is 0. The average Bonchev–Trinajstić information content (AvgIpc) is 2.14. The Balaban J connectivity index is 1.92. The fraction of sp³-hybridized carbons (Fsp3) is 1.00. The van der Waals surface area contributed by atoms with Gasteiger partial charge in [0.15, 0.2) is 0 Å². The standard InChI is InChI=1S/C11H23NO/c1-11(2)5-3-4-6-12-7-9-13-10-8-12/h11H,3-10H2,1-2H3. The molecule has 0 atom stereocenters. The van der Waals surface area contributed by atoms with Crippen molar-refractivity contribution in [2.45, 2.75) is 33.1 Å². The molecule has 1 aliphatic heterocycles. The summed E-state index contributed by atoms with van der Waals surface area (Å²) in [6.45, 7) is 10.0. The zero-order valence-corrected chi connectivity index (χ0v) is 9.09. The Morgan fingerprint density at radius 2 is 1.85 bits per heavy atom. The molecular weight excluding hydrogens is 162 g/mol. The molecule has 1 heterocycles. The summed E-state index contributed by atoms with van der Waals surface area (Å²) in [5, 5.41) is 0. The number of unbranched alkanes of at least 4 members (excludes halogenated alkanes) is 1. The Labute approximate surface area is 82.3 Å². The monoisotopic (exact) mass is 185 g/mol. The molecule has 0 spiro atoms. The molecule has 78 valence electrons. The van der Waals surface area contributed by atoms with Gasteiger partial charge >= 0.3 is 0 Å². The molecule has 13 heavy (non-hydrogen) atoms. The largest absolute Gasteiger partial charge is 0.379 e. The van der Waals surface area contributed by atoms with E-state index < -0.39 is 0 Å². The molecule has 1 saturated heterocycles. The first-order valence-corrected chi connectivity index (χ1v) is 5.59. The van der Waals surface area contributed by atoms with E-state index in [4.69, 9.17) is 4.74 Å². The second kappa shape index (κ2) is 6.39. The van der Waals surface area contributed by atoms with Gasteiger partial charge in [-0.05, 0) is 18.9 Å². The van der Waals surface area contributed by atoms with Gasteiger partial charge < -0.3 is 4.74 Å². The smallest absolute Gasteiger partial charge is 0.0594 e. The maximum Gasteiger partial charge on any atom is 0.0594 e. The SMILES string of the molecule is CC(C)CCCCN1CCOCC1. The molecule has 1 fully saturated rings. The van der Waals surface area contributed by atoms with Crippen molar-refractivity contribution < 1.29 is 4.74 Å². The van der Waals surface area contributed by atoms with Gasteiger partial charge in [-0.1, -0.05) is 26.7 Å². The molecule has 0 radical (unpaired) electrons.